The monoisotopic (exact) mass is 874 g/mol. The SMILES string of the molecule is Cc1ccc(-c2cccc3[cH-]c(CC45CCC(CC4)C5)cc23)cc1.Cc1ccc(-c2cccc3[cH-]c(CC45CCC(CC4)C5)cc23)cc1.Cl.Cl.[CH2-]CC.[CH3-].[Si]=[Zr]. The Bertz CT molecular complexity index is 1950. The van der Waals surface area contributed by atoms with E-state index in [9.17, 15) is 0 Å². The van der Waals surface area contributed by atoms with E-state index in [4.69, 9.17) is 0 Å². The zero-order valence-electron chi connectivity index (χ0n) is 34.3. The van der Waals surface area contributed by atoms with Crippen molar-refractivity contribution in [2.45, 2.75) is 104 Å². The molecule has 0 unspecified atom stereocenters. The van der Waals surface area contributed by atoms with E-state index in [1.54, 1.807) is 11.1 Å². The van der Waals surface area contributed by atoms with Gasteiger partial charge < -0.3 is 14.4 Å². The van der Waals surface area contributed by atoms with Gasteiger partial charge in [0, 0.05) is 0 Å². The van der Waals surface area contributed by atoms with E-state index in [1.807, 2.05) is 6.92 Å². The number of halogens is 2. The Balaban J connectivity index is 0.000000213. The first-order valence-corrected chi connectivity index (χ1v) is 24.6. The first kappa shape index (κ1) is 46.5. The molecule has 0 N–H and O–H groups in total. The quantitative estimate of drug-likeness (QED) is 0.116. The third-order valence-electron chi connectivity index (χ3n) is 13.3. The summed E-state index contributed by atoms with van der Waals surface area (Å²) in [6.07, 6.45) is 18.3. The molecule has 6 aromatic rings. The first-order chi connectivity index (χ1) is 25.8. The van der Waals surface area contributed by atoms with Crippen LogP contribution in [0, 0.1) is 50.9 Å². The Morgan fingerprint density at radius 1 is 0.607 bits per heavy atom. The van der Waals surface area contributed by atoms with Crippen LogP contribution >= 0.6 is 24.8 Å². The molecule has 6 aromatic carbocycles. The second-order valence-electron chi connectivity index (χ2n) is 17.2. The molecule has 4 heteroatoms. The molecular formula is C52H62Cl2SiZr-4. The van der Waals surface area contributed by atoms with Crippen molar-refractivity contribution in [3.63, 3.8) is 0 Å². The van der Waals surface area contributed by atoms with E-state index in [0.717, 1.165) is 18.3 Å². The van der Waals surface area contributed by atoms with E-state index in [-0.39, 0.29) is 32.2 Å². The molecule has 0 atom stereocenters. The van der Waals surface area contributed by atoms with Crippen LogP contribution in [-0.2, 0) is 36.2 Å². The van der Waals surface area contributed by atoms with Gasteiger partial charge in [0.15, 0.2) is 0 Å². The number of fused-ring (bicyclic) bond motifs is 6. The molecule has 0 spiro atoms. The second kappa shape index (κ2) is 20.7. The number of benzene rings is 4. The Morgan fingerprint density at radius 3 is 1.25 bits per heavy atom. The van der Waals surface area contributed by atoms with Crippen molar-refractivity contribution in [3.05, 3.63) is 146 Å². The summed E-state index contributed by atoms with van der Waals surface area (Å²) in [6, 6.07) is 41.3. The fourth-order valence-corrected chi connectivity index (χ4v) is 10.8. The van der Waals surface area contributed by atoms with Crippen molar-refractivity contribution in [1.29, 1.82) is 0 Å². The van der Waals surface area contributed by atoms with Gasteiger partial charge in [-0.15, -0.1) is 93.9 Å². The molecule has 0 amide bonds. The Labute approximate surface area is 368 Å². The van der Waals surface area contributed by atoms with Crippen molar-refractivity contribution >= 4 is 53.2 Å². The minimum absolute atomic E-state index is 0. The molecule has 56 heavy (non-hydrogen) atoms. The minimum atomic E-state index is 0. The zero-order chi connectivity index (χ0) is 37.0. The summed E-state index contributed by atoms with van der Waals surface area (Å²) in [5, 5.41) is 5.68. The molecule has 0 aromatic heterocycles. The predicted molar refractivity (Wildman–Crippen MR) is 247 cm³/mol. The van der Waals surface area contributed by atoms with Crippen molar-refractivity contribution in [3.8, 4) is 22.3 Å². The molecule has 0 nitrogen and oxygen atoms in total. The number of hydrogen-bond acceptors (Lipinski definition) is 0. The standard InChI is InChI=1S/2C24H25.C3H7.CH3.2ClH.Si.Zr/c2*1-17-5-7-20(8-6-17)22-4-2-3-21-13-19(14-23(21)22)16-24-11-9-18(15-24)10-12-24;1-3-2;;;;;/h2*2-8,13-14,18H,9-12,15-16H2,1H3;1,3H2,2H3;1H3;2*1H;;/q4*-1;;;;. The summed E-state index contributed by atoms with van der Waals surface area (Å²) in [5.41, 5.74) is 12.5. The van der Waals surface area contributed by atoms with Crippen LogP contribution < -0.4 is 0 Å². The van der Waals surface area contributed by atoms with E-state index < -0.39 is 0 Å². The third kappa shape index (κ3) is 10.3. The van der Waals surface area contributed by atoms with Crippen molar-refractivity contribution in [2.75, 3.05) is 0 Å². The molecule has 4 aliphatic rings. The molecule has 2 radical (unpaired) electrons. The van der Waals surface area contributed by atoms with Gasteiger partial charge in [-0.1, -0.05) is 89.8 Å². The molecule has 4 aliphatic carbocycles. The van der Waals surface area contributed by atoms with Crippen LogP contribution in [0.2, 0.25) is 0 Å². The van der Waals surface area contributed by atoms with Gasteiger partial charge in [0.2, 0.25) is 0 Å². The van der Waals surface area contributed by atoms with Crippen molar-refractivity contribution < 1.29 is 23.3 Å². The summed E-state index contributed by atoms with van der Waals surface area (Å²) >= 11 is 1.36. The van der Waals surface area contributed by atoms with E-state index in [0.29, 0.717) is 10.8 Å². The molecule has 0 heterocycles. The average Bonchev–Trinajstić information content (AvgIpc) is 4.04. The van der Waals surface area contributed by atoms with Gasteiger partial charge in [-0.3, -0.25) is 0 Å². The zero-order valence-corrected chi connectivity index (χ0v) is 39.4. The van der Waals surface area contributed by atoms with Crippen LogP contribution in [0.1, 0.15) is 99.8 Å². The summed E-state index contributed by atoms with van der Waals surface area (Å²) in [7, 11) is 0. The molecule has 296 valence electrons. The van der Waals surface area contributed by atoms with Crippen LogP contribution in [0.4, 0.5) is 0 Å². The van der Waals surface area contributed by atoms with E-state index >= 15 is 0 Å². The molecule has 0 aliphatic heterocycles. The van der Waals surface area contributed by atoms with Crippen molar-refractivity contribution in [1.82, 2.24) is 0 Å². The van der Waals surface area contributed by atoms with Gasteiger partial charge in [0.05, 0.1) is 0 Å². The molecular weight excluding hydrogens is 815 g/mol. The van der Waals surface area contributed by atoms with Gasteiger partial charge in [-0.2, -0.15) is 18.6 Å². The fourth-order valence-electron chi connectivity index (χ4n) is 10.8. The number of aryl methyl sites for hydroxylation is 2. The summed E-state index contributed by atoms with van der Waals surface area (Å²) < 4.78 is 0. The van der Waals surface area contributed by atoms with Gasteiger partial charge in [-0.25, -0.2) is 0 Å². The first-order valence-electron chi connectivity index (χ1n) is 20.4. The Morgan fingerprint density at radius 2 is 0.946 bits per heavy atom. The van der Waals surface area contributed by atoms with Gasteiger partial charge in [-0.05, 0) is 125 Å². The molecule has 10 rings (SSSR count). The van der Waals surface area contributed by atoms with Crippen LogP contribution in [-0.4, -0.2) is 6.88 Å². The fraction of sp³-hybridized carbons (Fsp3) is 0.385. The van der Waals surface area contributed by atoms with Crippen molar-refractivity contribution in [2.24, 2.45) is 22.7 Å². The average molecular weight is 877 g/mol. The maximum atomic E-state index is 3.49. The van der Waals surface area contributed by atoms with Gasteiger partial charge >= 0.3 is 30.2 Å². The van der Waals surface area contributed by atoms with Gasteiger partial charge in [0.1, 0.15) is 0 Å². The number of rotatable bonds is 6. The molecule has 4 saturated carbocycles. The van der Waals surface area contributed by atoms with Crippen LogP contribution in [0.3, 0.4) is 0 Å². The maximum absolute atomic E-state index is 3.49. The summed E-state index contributed by atoms with van der Waals surface area (Å²) in [6.45, 7) is 12.9. The van der Waals surface area contributed by atoms with Crippen LogP contribution in [0.25, 0.3) is 43.8 Å². The third-order valence-corrected chi connectivity index (χ3v) is 13.3. The Hall–Kier alpha value is -2.22. The molecule has 4 fully saturated rings. The van der Waals surface area contributed by atoms with E-state index in [1.165, 1.54) is 155 Å². The summed E-state index contributed by atoms with van der Waals surface area (Å²) in [5.74, 6) is 2.08. The van der Waals surface area contributed by atoms with Gasteiger partial charge in [0.25, 0.3) is 0 Å². The number of hydrogen-bond donors (Lipinski definition) is 0. The normalized spacial score (nSPS) is 22.3. The predicted octanol–water partition coefficient (Wildman–Crippen LogP) is 15.5. The molecule has 0 saturated heterocycles. The van der Waals surface area contributed by atoms with Crippen LogP contribution in [0.5, 0.6) is 0 Å². The summed E-state index contributed by atoms with van der Waals surface area (Å²) in [4.78, 5) is 0. The topological polar surface area (TPSA) is 0 Å². The Kier molecular flexibility index (Phi) is 17.1. The second-order valence-corrected chi connectivity index (χ2v) is 17.2. The van der Waals surface area contributed by atoms with E-state index in [2.05, 4.69) is 137 Å². The van der Waals surface area contributed by atoms with Crippen LogP contribution in [0.15, 0.2) is 109 Å². The molecule has 4 bridgehead atoms.